The van der Waals surface area contributed by atoms with Crippen molar-refractivity contribution in [3.05, 3.63) is 89.5 Å². The van der Waals surface area contributed by atoms with Gasteiger partial charge in [0.05, 0.1) is 5.54 Å². The van der Waals surface area contributed by atoms with Crippen LogP contribution in [0.15, 0.2) is 78.4 Å². The zero-order valence-corrected chi connectivity index (χ0v) is 13.5. The summed E-state index contributed by atoms with van der Waals surface area (Å²) in [5.41, 5.74) is 5.09. The highest BCUT2D eigenvalue weighted by atomic mass is 15.0. The monoisotopic (exact) mass is 289 g/mol. The van der Waals surface area contributed by atoms with Gasteiger partial charge in [-0.3, -0.25) is 0 Å². The lowest BCUT2D eigenvalue weighted by Crippen LogP contribution is -2.29. The molecule has 0 heterocycles. The first-order valence-electron chi connectivity index (χ1n) is 7.85. The first-order valence-corrected chi connectivity index (χ1v) is 7.85. The van der Waals surface area contributed by atoms with Gasteiger partial charge in [0, 0.05) is 11.6 Å². The van der Waals surface area contributed by atoms with Crippen LogP contribution in [-0.4, -0.2) is 0 Å². The molecule has 1 aliphatic rings. The van der Waals surface area contributed by atoms with Crippen molar-refractivity contribution in [2.24, 2.45) is 0 Å². The maximum Gasteiger partial charge on any atom is 0.0572 e. The van der Waals surface area contributed by atoms with Crippen molar-refractivity contribution in [1.82, 2.24) is 0 Å². The fraction of sp³-hybridized carbons (Fsp3) is 0.238. The molecule has 2 aromatic carbocycles. The molecule has 0 aromatic heterocycles. The average molecular weight is 289 g/mol. The molecule has 1 nitrogen and oxygen atoms in total. The predicted molar refractivity (Wildman–Crippen MR) is 95.2 cm³/mol. The number of benzene rings is 2. The molecule has 0 saturated carbocycles. The third-order valence-electron chi connectivity index (χ3n) is 4.23. The minimum absolute atomic E-state index is 0.129. The molecule has 1 N–H and O–H groups in total. The van der Waals surface area contributed by atoms with Gasteiger partial charge in [-0.25, -0.2) is 0 Å². The quantitative estimate of drug-likeness (QED) is 0.768. The Morgan fingerprint density at radius 1 is 0.909 bits per heavy atom. The molecule has 1 atom stereocenters. The number of rotatable bonds is 4. The van der Waals surface area contributed by atoms with Crippen LogP contribution in [0, 0.1) is 0 Å². The Balaban J connectivity index is 1.95. The van der Waals surface area contributed by atoms with Crippen LogP contribution in [0.1, 0.15) is 37.8 Å². The lowest BCUT2D eigenvalue weighted by atomic mass is 9.84. The minimum Gasteiger partial charge on any atom is -0.376 e. The van der Waals surface area contributed by atoms with Crippen molar-refractivity contribution in [3.63, 3.8) is 0 Å². The summed E-state index contributed by atoms with van der Waals surface area (Å²) in [7, 11) is 0. The summed E-state index contributed by atoms with van der Waals surface area (Å²) < 4.78 is 0. The lowest BCUT2D eigenvalue weighted by molar-refractivity contribution is 0.601. The van der Waals surface area contributed by atoms with Crippen molar-refractivity contribution in [2.45, 2.75) is 32.2 Å². The van der Waals surface area contributed by atoms with Gasteiger partial charge in [-0.2, -0.15) is 0 Å². The van der Waals surface area contributed by atoms with Crippen LogP contribution < -0.4 is 5.32 Å². The maximum absolute atomic E-state index is 3.66. The van der Waals surface area contributed by atoms with E-state index >= 15 is 0 Å². The summed E-state index contributed by atoms with van der Waals surface area (Å²) in [5.74, 6) is 0.382. The second kappa shape index (κ2) is 5.84. The molecule has 0 spiro atoms. The average Bonchev–Trinajstić information content (AvgIpc) is 2.94. The topological polar surface area (TPSA) is 12.0 Å². The normalized spacial score (nSPS) is 17.4. The molecule has 1 heteroatoms. The lowest BCUT2D eigenvalue weighted by Gasteiger charge is -2.31. The molecular formula is C21H23N. The van der Waals surface area contributed by atoms with Gasteiger partial charge < -0.3 is 5.32 Å². The second-order valence-electron chi connectivity index (χ2n) is 6.50. The number of hydrogen-bond acceptors (Lipinski definition) is 1. The van der Waals surface area contributed by atoms with E-state index in [0.717, 1.165) is 5.69 Å². The van der Waals surface area contributed by atoms with E-state index in [1.54, 1.807) is 0 Å². The number of nitrogens with one attached hydrogen (secondary N) is 1. The predicted octanol–water partition coefficient (Wildman–Crippen LogP) is 5.63. The smallest absolute Gasteiger partial charge is 0.0572 e. The summed E-state index contributed by atoms with van der Waals surface area (Å²) in [6.07, 6.45) is 6.82. The first kappa shape index (κ1) is 14.6. The van der Waals surface area contributed by atoms with Crippen molar-refractivity contribution >= 4 is 5.69 Å². The second-order valence-corrected chi connectivity index (χ2v) is 6.50. The first-order chi connectivity index (χ1) is 10.6. The van der Waals surface area contributed by atoms with E-state index in [4.69, 9.17) is 0 Å². The molecule has 0 saturated heterocycles. The highest BCUT2D eigenvalue weighted by molar-refractivity contribution is 5.51. The zero-order valence-electron chi connectivity index (χ0n) is 13.5. The Labute approximate surface area is 133 Å². The van der Waals surface area contributed by atoms with Gasteiger partial charge in [0.2, 0.25) is 0 Å². The zero-order chi connectivity index (χ0) is 15.6. The molecule has 22 heavy (non-hydrogen) atoms. The molecule has 1 unspecified atom stereocenters. The van der Waals surface area contributed by atoms with Gasteiger partial charge in [0.15, 0.2) is 0 Å². The third-order valence-corrected chi connectivity index (χ3v) is 4.23. The Morgan fingerprint density at radius 3 is 2.27 bits per heavy atom. The number of allylic oxidation sites excluding steroid dienone is 4. The Hall–Kier alpha value is -2.28. The standard InChI is InChI=1S/C21H23N/c1-16-13-14-17(15-16)19-11-7-8-12-20(19)21(2,3)22-18-9-5-4-6-10-18/h4-15,17,22H,1-3H3. The van der Waals surface area contributed by atoms with Gasteiger partial charge in [0.25, 0.3) is 0 Å². The van der Waals surface area contributed by atoms with Crippen molar-refractivity contribution < 1.29 is 0 Å². The molecule has 2 aromatic rings. The molecule has 0 radical (unpaired) electrons. The number of para-hydroxylation sites is 1. The van der Waals surface area contributed by atoms with Crippen molar-refractivity contribution in [2.75, 3.05) is 5.32 Å². The fourth-order valence-electron chi connectivity index (χ4n) is 3.15. The summed E-state index contributed by atoms with van der Waals surface area (Å²) in [6.45, 7) is 6.65. The van der Waals surface area contributed by atoms with E-state index in [1.807, 2.05) is 6.07 Å². The Bertz CT molecular complexity index is 708. The molecule has 3 rings (SSSR count). The van der Waals surface area contributed by atoms with Gasteiger partial charge in [-0.05, 0) is 44.0 Å². The molecule has 0 bridgehead atoms. The van der Waals surface area contributed by atoms with Crippen LogP contribution in [-0.2, 0) is 5.54 Å². The van der Waals surface area contributed by atoms with Crippen molar-refractivity contribution in [1.29, 1.82) is 0 Å². The van der Waals surface area contributed by atoms with E-state index in [0.29, 0.717) is 5.92 Å². The SMILES string of the molecule is CC1=CC(c2ccccc2C(C)(C)Nc2ccccc2)C=C1. The summed E-state index contributed by atoms with van der Waals surface area (Å²) >= 11 is 0. The summed E-state index contributed by atoms with van der Waals surface area (Å²) in [5, 5.41) is 3.66. The van der Waals surface area contributed by atoms with Crippen LogP contribution in [0.2, 0.25) is 0 Å². The van der Waals surface area contributed by atoms with Gasteiger partial charge in [0.1, 0.15) is 0 Å². The van der Waals surface area contributed by atoms with Gasteiger partial charge >= 0.3 is 0 Å². The molecule has 0 fully saturated rings. The Morgan fingerprint density at radius 2 is 1.59 bits per heavy atom. The van der Waals surface area contributed by atoms with Crippen LogP contribution >= 0.6 is 0 Å². The molecule has 1 aliphatic carbocycles. The maximum atomic E-state index is 3.66. The highest BCUT2D eigenvalue weighted by Crippen LogP contribution is 2.35. The van der Waals surface area contributed by atoms with Crippen LogP contribution in [0.5, 0.6) is 0 Å². The van der Waals surface area contributed by atoms with E-state index in [9.17, 15) is 0 Å². The third kappa shape index (κ3) is 2.99. The summed E-state index contributed by atoms with van der Waals surface area (Å²) in [6, 6.07) is 19.1. The van der Waals surface area contributed by atoms with Crippen LogP contribution in [0.3, 0.4) is 0 Å². The Kier molecular flexibility index (Phi) is 3.89. The van der Waals surface area contributed by atoms with Gasteiger partial charge in [-0.15, -0.1) is 0 Å². The highest BCUT2D eigenvalue weighted by Gasteiger charge is 2.25. The minimum atomic E-state index is -0.129. The fourth-order valence-corrected chi connectivity index (χ4v) is 3.15. The van der Waals surface area contributed by atoms with Crippen molar-refractivity contribution in [3.8, 4) is 0 Å². The van der Waals surface area contributed by atoms with E-state index < -0.39 is 0 Å². The van der Waals surface area contributed by atoms with Gasteiger partial charge in [-0.1, -0.05) is 66.3 Å². The van der Waals surface area contributed by atoms with Crippen LogP contribution in [0.25, 0.3) is 0 Å². The van der Waals surface area contributed by atoms with E-state index in [-0.39, 0.29) is 5.54 Å². The molecule has 0 aliphatic heterocycles. The number of anilines is 1. The van der Waals surface area contributed by atoms with Crippen LogP contribution in [0.4, 0.5) is 5.69 Å². The summed E-state index contributed by atoms with van der Waals surface area (Å²) in [4.78, 5) is 0. The molecule has 112 valence electrons. The molecule has 0 amide bonds. The number of hydrogen-bond donors (Lipinski definition) is 1. The van der Waals surface area contributed by atoms with E-state index in [1.165, 1.54) is 16.7 Å². The largest absolute Gasteiger partial charge is 0.376 e. The molecular weight excluding hydrogens is 266 g/mol. The van der Waals surface area contributed by atoms with E-state index in [2.05, 4.69) is 92.8 Å².